The summed E-state index contributed by atoms with van der Waals surface area (Å²) < 4.78 is 11.1. The number of hydrogen-bond donors (Lipinski definition) is 1. The molecular formula is C14H13NO3S. The molecule has 1 amide bonds. The molecule has 0 fully saturated rings. The molecule has 1 aromatic carbocycles. The fraction of sp³-hybridized carbons (Fsp3) is 0.214. The third-order valence-corrected chi connectivity index (χ3v) is 4.02. The molecule has 0 spiro atoms. The number of amides is 1. The molecule has 1 N–H and O–H groups in total. The molecule has 0 bridgehead atoms. The predicted octanol–water partition coefficient (Wildman–Crippen LogP) is 2.55. The van der Waals surface area contributed by atoms with Gasteiger partial charge >= 0.3 is 0 Å². The maximum atomic E-state index is 11.5. The van der Waals surface area contributed by atoms with E-state index in [0.717, 1.165) is 21.9 Å². The first-order chi connectivity index (χ1) is 9.28. The number of thiophene rings is 1. The van der Waals surface area contributed by atoms with Gasteiger partial charge in [-0.15, -0.1) is 11.3 Å². The minimum absolute atomic E-state index is 0.0613. The summed E-state index contributed by atoms with van der Waals surface area (Å²) in [5.74, 6) is 1.48. The van der Waals surface area contributed by atoms with Gasteiger partial charge in [-0.2, -0.15) is 0 Å². The van der Waals surface area contributed by atoms with Crippen molar-refractivity contribution in [1.29, 1.82) is 0 Å². The smallest absolute Gasteiger partial charge is 0.261 e. The van der Waals surface area contributed by atoms with Crippen LogP contribution in [0.4, 0.5) is 0 Å². The second-order valence-electron chi connectivity index (χ2n) is 4.10. The molecular weight excluding hydrogens is 262 g/mol. The average Bonchev–Trinajstić information content (AvgIpc) is 2.95. The Kier molecular flexibility index (Phi) is 3.13. The molecule has 98 valence electrons. The van der Waals surface area contributed by atoms with E-state index < -0.39 is 0 Å². The van der Waals surface area contributed by atoms with E-state index in [1.165, 1.54) is 11.3 Å². The van der Waals surface area contributed by atoms with Gasteiger partial charge in [0.05, 0.1) is 4.88 Å². The van der Waals surface area contributed by atoms with Crippen LogP contribution in [0.25, 0.3) is 10.4 Å². The van der Waals surface area contributed by atoms with E-state index in [9.17, 15) is 4.79 Å². The van der Waals surface area contributed by atoms with Gasteiger partial charge in [0.15, 0.2) is 11.5 Å². The average molecular weight is 275 g/mol. The maximum Gasteiger partial charge on any atom is 0.261 e. The highest BCUT2D eigenvalue weighted by Gasteiger charge is 2.14. The number of fused-ring (bicyclic) bond motifs is 1. The summed E-state index contributed by atoms with van der Waals surface area (Å²) in [5.41, 5.74) is 1.03. The van der Waals surface area contributed by atoms with Crippen LogP contribution >= 0.6 is 11.3 Å². The van der Waals surface area contributed by atoms with Crippen molar-refractivity contribution >= 4 is 17.2 Å². The zero-order valence-electron chi connectivity index (χ0n) is 10.4. The molecule has 4 nitrogen and oxygen atoms in total. The van der Waals surface area contributed by atoms with E-state index in [2.05, 4.69) is 5.32 Å². The van der Waals surface area contributed by atoms with Crippen molar-refractivity contribution in [2.45, 2.75) is 0 Å². The molecule has 0 unspecified atom stereocenters. The van der Waals surface area contributed by atoms with Crippen molar-refractivity contribution in [2.24, 2.45) is 0 Å². The van der Waals surface area contributed by atoms with Crippen LogP contribution in [0, 0.1) is 0 Å². The highest BCUT2D eigenvalue weighted by atomic mass is 32.1. The molecule has 0 saturated heterocycles. The van der Waals surface area contributed by atoms with Crippen LogP contribution < -0.4 is 14.8 Å². The number of nitrogens with one attached hydrogen (secondary N) is 1. The summed E-state index contributed by atoms with van der Waals surface area (Å²) >= 11 is 1.46. The zero-order valence-corrected chi connectivity index (χ0v) is 11.3. The van der Waals surface area contributed by atoms with Crippen LogP contribution in [0.5, 0.6) is 11.5 Å². The minimum atomic E-state index is -0.0613. The van der Waals surface area contributed by atoms with Crippen molar-refractivity contribution < 1.29 is 14.3 Å². The summed E-state index contributed by atoms with van der Waals surface area (Å²) in [5, 5.41) is 2.62. The molecule has 0 atom stereocenters. The fourth-order valence-electron chi connectivity index (χ4n) is 1.93. The second-order valence-corrected chi connectivity index (χ2v) is 5.19. The summed E-state index contributed by atoms with van der Waals surface area (Å²) in [4.78, 5) is 13.3. The fourth-order valence-corrected chi connectivity index (χ4v) is 2.88. The van der Waals surface area contributed by atoms with E-state index in [4.69, 9.17) is 9.47 Å². The van der Waals surface area contributed by atoms with Crippen LogP contribution in [0.15, 0.2) is 30.3 Å². The summed E-state index contributed by atoms with van der Waals surface area (Å²) in [6, 6.07) is 9.61. The van der Waals surface area contributed by atoms with Gasteiger partial charge in [0.1, 0.15) is 13.2 Å². The van der Waals surface area contributed by atoms with Gasteiger partial charge in [-0.3, -0.25) is 4.79 Å². The molecule has 5 heteroatoms. The Morgan fingerprint density at radius 3 is 2.74 bits per heavy atom. The van der Waals surface area contributed by atoms with Gasteiger partial charge in [0.25, 0.3) is 5.91 Å². The van der Waals surface area contributed by atoms with Crippen molar-refractivity contribution in [1.82, 2.24) is 5.32 Å². The standard InChI is InChI=1S/C14H13NO3S/c1-15-14(16)13-5-4-12(19-13)9-2-3-10-11(8-9)18-7-6-17-10/h2-5,8H,6-7H2,1H3,(H,15,16). The molecule has 2 aromatic rings. The maximum absolute atomic E-state index is 11.5. The monoisotopic (exact) mass is 275 g/mol. The number of hydrogen-bond acceptors (Lipinski definition) is 4. The van der Waals surface area contributed by atoms with Gasteiger partial charge in [-0.1, -0.05) is 0 Å². The molecule has 0 aliphatic carbocycles. The van der Waals surface area contributed by atoms with E-state index in [0.29, 0.717) is 18.1 Å². The van der Waals surface area contributed by atoms with E-state index in [-0.39, 0.29) is 5.91 Å². The van der Waals surface area contributed by atoms with Gasteiger partial charge in [0, 0.05) is 11.9 Å². The quantitative estimate of drug-likeness (QED) is 0.916. The Morgan fingerprint density at radius 2 is 1.95 bits per heavy atom. The number of ether oxygens (including phenoxy) is 2. The molecule has 0 radical (unpaired) electrons. The Labute approximate surface area is 115 Å². The summed E-state index contributed by atoms with van der Waals surface area (Å²) in [6.45, 7) is 1.16. The van der Waals surface area contributed by atoms with Crippen LogP contribution in [-0.2, 0) is 0 Å². The molecule has 3 rings (SSSR count). The summed E-state index contributed by atoms with van der Waals surface area (Å²) in [7, 11) is 1.63. The van der Waals surface area contributed by atoms with Gasteiger partial charge in [-0.25, -0.2) is 0 Å². The number of carbonyl (C=O) groups is 1. The van der Waals surface area contributed by atoms with Crippen LogP contribution in [0.3, 0.4) is 0 Å². The zero-order chi connectivity index (χ0) is 13.2. The van der Waals surface area contributed by atoms with Crippen molar-refractivity contribution in [3.63, 3.8) is 0 Å². The van der Waals surface area contributed by atoms with Crippen molar-refractivity contribution in [2.75, 3.05) is 20.3 Å². The third kappa shape index (κ3) is 2.29. The van der Waals surface area contributed by atoms with E-state index in [1.54, 1.807) is 7.05 Å². The third-order valence-electron chi connectivity index (χ3n) is 2.88. The Morgan fingerprint density at radius 1 is 1.16 bits per heavy atom. The largest absolute Gasteiger partial charge is 0.486 e. The number of carbonyl (C=O) groups excluding carboxylic acids is 1. The van der Waals surface area contributed by atoms with Gasteiger partial charge in [-0.05, 0) is 35.9 Å². The first kappa shape index (κ1) is 12.0. The molecule has 1 aliphatic heterocycles. The first-order valence-corrected chi connectivity index (χ1v) is 6.81. The van der Waals surface area contributed by atoms with E-state index >= 15 is 0 Å². The van der Waals surface area contributed by atoms with Crippen LogP contribution in [0.1, 0.15) is 9.67 Å². The molecule has 0 saturated carbocycles. The Balaban J connectivity index is 1.93. The Hall–Kier alpha value is -2.01. The first-order valence-electron chi connectivity index (χ1n) is 6.00. The van der Waals surface area contributed by atoms with Crippen LogP contribution in [-0.4, -0.2) is 26.2 Å². The highest BCUT2D eigenvalue weighted by Crippen LogP contribution is 2.36. The lowest BCUT2D eigenvalue weighted by atomic mass is 10.1. The SMILES string of the molecule is CNC(=O)c1ccc(-c2ccc3c(c2)OCCO3)s1. The normalized spacial score (nSPS) is 13.1. The highest BCUT2D eigenvalue weighted by molar-refractivity contribution is 7.17. The Bertz CT molecular complexity index is 621. The lowest BCUT2D eigenvalue weighted by molar-refractivity contribution is 0.0967. The molecule has 19 heavy (non-hydrogen) atoms. The molecule has 1 aliphatic rings. The van der Waals surface area contributed by atoms with Crippen molar-refractivity contribution in [3.05, 3.63) is 35.2 Å². The van der Waals surface area contributed by atoms with E-state index in [1.807, 2.05) is 30.3 Å². The minimum Gasteiger partial charge on any atom is -0.486 e. The second kappa shape index (κ2) is 4.93. The molecule has 2 heterocycles. The van der Waals surface area contributed by atoms with Crippen molar-refractivity contribution in [3.8, 4) is 21.9 Å². The van der Waals surface area contributed by atoms with Gasteiger partial charge < -0.3 is 14.8 Å². The number of rotatable bonds is 2. The molecule has 1 aromatic heterocycles. The topological polar surface area (TPSA) is 47.6 Å². The predicted molar refractivity (Wildman–Crippen MR) is 74.1 cm³/mol. The lowest BCUT2D eigenvalue weighted by Crippen LogP contribution is -2.15. The van der Waals surface area contributed by atoms with Gasteiger partial charge in [0.2, 0.25) is 0 Å². The summed E-state index contributed by atoms with van der Waals surface area (Å²) in [6.07, 6.45) is 0. The number of benzene rings is 1. The van der Waals surface area contributed by atoms with Crippen LogP contribution in [0.2, 0.25) is 0 Å². The lowest BCUT2D eigenvalue weighted by Gasteiger charge is -2.18.